The largest absolute Gasteiger partial charge is 0.586 e. The van der Waals surface area contributed by atoms with Gasteiger partial charge in [-0.2, -0.15) is 0 Å². The average molecular weight is 386 g/mol. The number of carbonyl (C=O) groups excluding carboxylic acids is 2. The Hall–Kier alpha value is -3.07. The molecule has 0 saturated carbocycles. The average Bonchev–Trinajstić information content (AvgIpc) is 2.98. The summed E-state index contributed by atoms with van der Waals surface area (Å²) in [6.45, 7) is 0.678. The maximum absolute atomic E-state index is 11.7. The minimum absolute atomic E-state index is 0.295. The Morgan fingerprint density at radius 3 is 2.59 bits per heavy atom. The van der Waals surface area contributed by atoms with Gasteiger partial charge in [0.15, 0.2) is 5.25 Å². The molecule has 0 aliphatic carbocycles. The van der Waals surface area contributed by atoms with Crippen molar-refractivity contribution in [1.82, 2.24) is 5.32 Å². The second kappa shape index (κ2) is 9.04. The number of nitrogens with one attached hydrogen (secondary N) is 2. The van der Waals surface area contributed by atoms with E-state index >= 15 is 0 Å². The summed E-state index contributed by atoms with van der Waals surface area (Å²) in [6.07, 6.45) is 0.438. The van der Waals surface area contributed by atoms with E-state index in [-0.39, 0.29) is 6.03 Å². The van der Waals surface area contributed by atoms with E-state index < -0.39 is 11.2 Å². The molecule has 2 aromatic rings. The molecule has 1 aliphatic heterocycles. The third kappa shape index (κ3) is 5.71. The lowest BCUT2D eigenvalue weighted by Crippen LogP contribution is -2.32. The molecule has 1 heterocycles. The number of urea groups is 1. The van der Waals surface area contributed by atoms with Crippen molar-refractivity contribution in [2.45, 2.75) is 11.7 Å². The van der Waals surface area contributed by atoms with Crippen molar-refractivity contribution in [1.29, 1.82) is 0 Å². The van der Waals surface area contributed by atoms with E-state index in [0.717, 1.165) is 23.2 Å². The molecule has 140 valence electrons. The Kier molecular flexibility index (Phi) is 6.26. The standard InChI is InChI=1S/C18H18N4O4S/c23-17-16(27-22(25)21-17)12-13-6-8-15(9-7-13)26-11-10-19-18(24)20-14-4-2-1-3-5-14/h1-9,16H,10-12H2,(H2,19,20,24). The van der Waals surface area contributed by atoms with Gasteiger partial charge in [0.05, 0.1) is 11.7 Å². The molecule has 1 unspecified atom stereocenters. The third-order valence-corrected chi connectivity index (χ3v) is 4.59. The molecule has 0 spiro atoms. The van der Waals surface area contributed by atoms with Crippen LogP contribution in [-0.2, 0) is 11.2 Å². The summed E-state index contributed by atoms with van der Waals surface area (Å²) in [5.74, 6) is 0.250. The topological polar surface area (TPSA) is 106 Å². The summed E-state index contributed by atoms with van der Waals surface area (Å²) in [6, 6.07) is 16.1. The third-order valence-electron chi connectivity index (χ3n) is 3.71. The maximum Gasteiger partial charge on any atom is 0.330 e. The van der Waals surface area contributed by atoms with Gasteiger partial charge in [-0.3, -0.25) is 4.79 Å². The van der Waals surface area contributed by atoms with Crippen molar-refractivity contribution < 1.29 is 18.6 Å². The number of ether oxygens (including phenoxy) is 1. The fourth-order valence-corrected chi connectivity index (χ4v) is 3.16. The quantitative estimate of drug-likeness (QED) is 0.329. The predicted octanol–water partition coefficient (Wildman–Crippen LogP) is 2.95. The van der Waals surface area contributed by atoms with Crippen molar-refractivity contribution in [2.24, 2.45) is 5.11 Å². The van der Waals surface area contributed by atoms with Crippen LogP contribution in [-0.4, -0.2) is 34.6 Å². The first kappa shape index (κ1) is 18.7. The maximum atomic E-state index is 11.7. The number of amides is 3. The number of hydrogen-bond donors (Lipinski definition) is 2. The molecular formula is C18H18N4O4S. The van der Waals surface area contributed by atoms with Crippen molar-refractivity contribution in [2.75, 3.05) is 18.5 Å². The number of para-hydroxylation sites is 1. The first-order valence-corrected chi connectivity index (χ1v) is 9.15. The highest BCUT2D eigenvalue weighted by molar-refractivity contribution is 7.95. The molecule has 0 saturated heterocycles. The van der Waals surface area contributed by atoms with Crippen LogP contribution in [0.4, 0.5) is 10.5 Å². The first-order chi connectivity index (χ1) is 13.1. The zero-order chi connectivity index (χ0) is 19.1. The number of anilines is 1. The molecule has 0 aromatic heterocycles. The molecule has 9 heteroatoms. The Morgan fingerprint density at radius 2 is 1.93 bits per heavy atom. The minimum Gasteiger partial charge on any atom is -0.586 e. The molecule has 1 aliphatic rings. The molecule has 1 atom stereocenters. The van der Waals surface area contributed by atoms with Crippen molar-refractivity contribution in [3.05, 3.63) is 65.4 Å². The number of nitrogens with zero attached hydrogens (tertiary/aromatic N) is 2. The molecule has 3 rings (SSSR count). The molecule has 27 heavy (non-hydrogen) atoms. The summed E-state index contributed by atoms with van der Waals surface area (Å²) in [5, 5.41) is 19.3. The van der Waals surface area contributed by atoms with E-state index in [1.807, 2.05) is 30.3 Å². The number of carbonyl (C=O) groups is 2. The van der Waals surface area contributed by atoms with Crippen LogP contribution in [0.25, 0.3) is 0 Å². The number of hydrogen-bond acceptors (Lipinski definition) is 5. The van der Waals surface area contributed by atoms with Gasteiger partial charge in [0.1, 0.15) is 12.4 Å². The molecule has 3 amide bonds. The van der Waals surface area contributed by atoms with Crippen molar-refractivity contribution in [3.63, 3.8) is 0 Å². The van der Waals surface area contributed by atoms with Gasteiger partial charge >= 0.3 is 11.9 Å². The van der Waals surface area contributed by atoms with E-state index in [1.54, 1.807) is 24.3 Å². The van der Waals surface area contributed by atoms with Gasteiger partial charge < -0.3 is 20.6 Å². The van der Waals surface area contributed by atoms with Gasteiger partial charge in [-0.05, 0) is 40.5 Å². The van der Waals surface area contributed by atoms with E-state index in [1.165, 1.54) is 0 Å². The monoisotopic (exact) mass is 386 g/mol. The number of benzene rings is 2. The summed E-state index contributed by atoms with van der Waals surface area (Å²) in [7, 11) is 0. The predicted molar refractivity (Wildman–Crippen MR) is 102 cm³/mol. The van der Waals surface area contributed by atoms with E-state index in [9.17, 15) is 14.8 Å². The minimum atomic E-state index is -0.471. The second-order valence-corrected chi connectivity index (χ2v) is 6.81. The van der Waals surface area contributed by atoms with Gasteiger partial charge in [0, 0.05) is 5.69 Å². The van der Waals surface area contributed by atoms with Crippen LogP contribution in [0, 0.1) is 5.21 Å². The van der Waals surface area contributed by atoms with Crippen LogP contribution in [0.2, 0.25) is 0 Å². The Morgan fingerprint density at radius 1 is 1.19 bits per heavy atom. The summed E-state index contributed by atoms with van der Waals surface area (Å²) >= 11 is 0.877. The summed E-state index contributed by atoms with van der Waals surface area (Å²) in [4.78, 5) is 23.2. The fraction of sp³-hybridized carbons (Fsp3) is 0.222. The SMILES string of the molecule is O=C(NCCOc1ccc(CC2S[N+]([O-])=NC2=O)cc1)Nc1ccccc1. The first-order valence-electron chi connectivity index (χ1n) is 8.31. The van der Waals surface area contributed by atoms with E-state index in [2.05, 4.69) is 15.7 Å². The summed E-state index contributed by atoms with van der Waals surface area (Å²) < 4.78 is 5.93. The van der Waals surface area contributed by atoms with Crippen LogP contribution in [0.1, 0.15) is 5.56 Å². The van der Waals surface area contributed by atoms with Gasteiger partial charge in [0.2, 0.25) is 11.9 Å². The highest BCUT2D eigenvalue weighted by Gasteiger charge is 2.34. The highest BCUT2D eigenvalue weighted by atomic mass is 32.2. The zero-order valence-electron chi connectivity index (χ0n) is 14.3. The Bertz CT molecular complexity index is 827. The molecule has 8 nitrogen and oxygen atoms in total. The van der Waals surface area contributed by atoms with Crippen LogP contribution in [0.3, 0.4) is 0 Å². The normalized spacial score (nSPS) is 15.9. The molecule has 0 fully saturated rings. The molecular weight excluding hydrogens is 368 g/mol. The molecule has 2 N–H and O–H groups in total. The fourth-order valence-electron chi connectivity index (χ4n) is 2.41. The van der Waals surface area contributed by atoms with Crippen LogP contribution < -0.4 is 15.4 Å². The van der Waals surface area contributed by atoms with E-state index in [4.69, 9.17) is 4.74 Å². The van der Waals surface area contributed by atoms with Gasteiger partial charge in [-0.15, -0.1) is 0 Å². The Balaban J connectivity index is 1.36. The lowest BCUT2D eigenvalue weighted by molar-refractivity contribution is -0.336. The Labute approximate surface area is 160 Å². The molecule has 0 bridgehead atoms. The number of rotatable bonds is 7. The zero-order valence-corrected chi connectivity index (χ0v) is 15.1. The van der Waals surface area contributed by atoms with Crippen LogP contribution in [0.5, 0.6) is 5.75 Å². The van der Waals surface area contributed by atoms with Gasteiger partial charge in [0.25, 0.3) is 0 Å². The lowest BCUT2D eigenvalue weighted by Gasteiger charge is -2.10. The van der Waals surface area contributed by atoms with Crippen molar-refractivity contribution >= 4 is 29.6 Å². The smallest absolute Gasteiger partial charge is 0.330 e. The van der Waals surface area contributed by atoms with Gasteiger partial charge in [-0.1, -0.05) is 30.3 Å². The molecule has 2 aromatic carbocycles. The highest BCUT2D eigenvalue weighted by Crippen LogP contribution is 2.25. The molecule has 0 radical (unpaired) electrons. The second-order valence-electron chi connectivity index (χ2n) is 5.71. The lowest BCUT2D eigenvalue weighted by atomic mass is 10.1. The van der Waals surface area contributed by atoms with Gasteiger partial charge in [-0.25, -0.2) is 4.79 Å². The van der Waals surface area contributed by atoms with Crippen LogP contribution in [0.15, 0.2) is 59.7 Å². The van der Waals surface area contributed by atoms with Crippen molar-refractivity contribution in [3.8, 4) is 5.75 Å². The van der Waals surface area contributed by atoms with Crippen LogP contribution >= 0.6 is 11.9 Å². The summed E-state index contributed by atoms with van der Waals surface area (Å²) in [5.41, 5.74) is 1.64. The van der Waals surface area contributed by atoms with E-state index in [0.29, 0.717) is 29.6 Å².